The molecular weight excluding hydrogens is 300 g/mol. The molecule has 0 spiro atoms. The molecule has 3 rings (SSSR count). The van der Waals surface area contributed by atoms with Gasteiger partial charge in [0.25, 0.3) is 0 Å². The number of thioether (sulfide) groups is 1. The average molecular weight is 320 g/mol. The highest BCUT2D eigenvalue weighted by Crippen LogP contribution is 2.25. The van der Waals surface area contributed by atoms with Crippen LogP contribution in [0.4, 0.5) is 4.79 Å². The van der Waals surface area contributed by atoms with Crippen LogP contribution in [0, 0.1) is 0 Å². The second-order valence-corrected chi connectivity index (χ2v) is 6.71. The van der Waals surface area contributed by atoms with Crippen LogP contribution in [-0.2, 0) is 16.1 Å². The van der Waals surface area contributed by atoms with Crippen molar-refractivity contribution >= 4 is 23.6 Å². The zero-order valence-electron chi connectivity index (χ0n) is 12.4. The lowest BCUT2D eigenvalue weighted by Crippen LogP contribution is -2.46. The van der Waals surface area contributed by atoms with Gasteiger partial charge in [-0.2, -0.15) is 0 Å². The molecule has 6 heteroatoms. The number of nitrogens with one attached hydrogen (secondary N) is 1. The first-order chi connectivity index (χ1) is 10.8. The van der Waals surface area contributed by atoms with Crippen LogP contribution in [0.5, 0.6) is 0 Å². The lowest BCUT2D eigenvalue weighted by molar-refractivity contribution is -0.122. The van der Waals surface area contributed by atoms with E-state index in [-0.39, 0.29) is 29.9 Å². The van der Waals surface area contributed by atoms with Gasteiger partial charge in [-0.1, -0.05) is 30.3 Å². The summed E-state index contributed by atoms with van der Waals surface area (Å²) in [5.41, 5.74) is 0.950. The number of rotatable bonds is 4. The number of amides is 1. The molecule has 0 bridgehead atoms. The molecule has 2 atom stereocenters. The van der Waals surface area contributed by atoms with Crippen molar-refractivity contribution in [3.05, 3.63) is 35.9 Å². The molecule has 1 aromatic rings. The van der Waals surface area contributed by atoms with Gasteiger partial charge in [0.1, 0.15) is 12.0 Å². The first-order valence-electron chi connectivity index (χ1n) is 7.62. The van der Waals surface area contributed by atoms with Crippen LogP contribution < -0.4 is 5.32 Å². The third kappa shape index (κ3) is 3.44. The zero-order valence-corrected chi connectivity index (χ0v) is 13.2. The molecule has 2 fully saturated rings. The van der Waals surface area contributed by atoms with Crippen LogP contribution in [0.1, 0.15) is 18.4 Å². The summed E-state index contributed by atoms with van der Waals surface area (Å²) in [5.74, 6) is 1.05. The Hall–Kier alpha value is -1.53. The van der Waals surface area contributed by atoms with Crippen molar-refractivity contribution in [2.45, 2.75) is 30.9 Å². The van der Waals surface area contributed by atoms with E-state index >= 15 is 0 Å². The van der Waals surface area contributed by atoms with Crippen molar-refractivity contribution in [1.29, 1.82) is 0 Å². The van der Waals surface area contributed by atoms with Gasteiger partial charge in [0.15, 0.2) is 5.78 Å². The summed E-state index contributed by atoms with van der Waals surface area (Å²) < 4.78 is 5.36. The van der Waals surface area contributed by atoms with E-state index in [1.807, 2.05) is 30.3 Å². The third-order valence-corrected chi connectivity index (χ3v) is 5.17. The summed E-state index contributed by atoms with van der Waals surface area (Å²) in [7, 11) is 0. The van der Waals surface area contributed by atoms with Gasteiger partial charge in [0.05, 0.1) is 6.04 Å². The minimum atomic E-state index is -0.386. The maximum absolute atomic E-state index is 12.5. The first-order valence-corrected chi connectivity index (χ1v) is 8.66. The van der Waals surface area contributed by atoms with Gasteiger partial charge in [-0.05, 0) is 18.4 Å². The molecule has 1 aromatic carbocycles. The van der Waals surface area contributed by atoms with Gasteiger partial charge in [-0.15, -0.1) is 11.8 Å². The highest BCUT2D eigenvalue weighted by molar-refractivity contribution is 8.00. The number of Topliss-reactive ketones (excluding diaryl/α,β-unsaturated/α-hetero) is 1. The normalized spacial score (nSPS) is 24.5. The number of ketones is 1. The fourth-order valence-corrected chi connectivity index (χ4v) is 3.89. The first kappa shape index (κ1) is 15.4. The van der Waals surface area contributed by atoms with E-state index in [1.165, 1.54) is 0 Å². The SMILES string of the molecule is O=C(C1NCCS1)[C@H]1CCCN1C(=O)OCc1ccccc1. The second-order valence-electron chi connectivity index (χ2n) is 5.50. The molecule has 2 saturated heterocycles. The highest BCUT2D eigenvalue weighted by atomic mass is 32.2. The van der Waals surface area contributed by atoms with Crippen molar-refractivity contribution in [1.82, 2.24) is 10.2 Å². The molecule has 0 radical (unpaired) electrons. The number of carbonyl (C=O) groups excluding carboxylic acids is 2. The van der Waals surface area contributed by atoms with Crippen LogP contribution >= 0.6 is 11.8 Å². The van der Waals surface area contributed by atoms with E-state index in [4.69, 9.17) is 4.74 Å². The van der Waals surface area contributed by atoms with Gasteiger partial charge in [-0.3, -0.25) is 15.0 Å². The molecule has 0 aliphatic carbocycles. The third-order valence-electron chi connectivity index (χ3n) is 4.00. The molecule has 118 valence electrons. The summed E-state index contributed by atoms with van der Waals surface area (Å²) in [6.07, 6.45) is 1.20. The molecule has 22 heavy (non-hydrogen) atoms. The van der Waals surface area contributed by atoms with Crippen molar-refractivity contribution in [2.24, 2.45) is 0 Å². The lowest BCUT2D eigenvalue weighted by Gasteiger charge is -2.24. The van der Waals surface area contributed by atoms with Crippen LogP contribution in [0.2, 0.25) is 0 Å². The Morgan fingerprint density at radius 3 is 2.86 bits per heavy atom. The number of hydrogen-bond donors (Lipinski definition) is 1. The van der Waals surface area contributed by atoms with Crippen LogP contribution in [0.15, 0.2) is 30.3 Å². The average Bonchev–Trinajstić information content (AvgIpc) is 3.24. The van der Waals surface area contributed by atoms with E-state index in [0.29, 0.717) is 6.54 Å². The molecule has 0 saturated carbocycles. The maximum Gasteiger partial charge on any atom is 0.410 e. The summed E-state index contributed by atoms with van der Waals surface area (Å²) in [6, 6.07) is 9.24. The van der Waals surface area contributed by atoms with E-state index in [9.17, 15) is 9.59 Å². The number of ether oxygens (including phenoxy) is 1. The summed E-state index contributed by atoms with van der Waals surface area (Å²) in [6.45, 7) is 1.70. The molecule has 0 aromatic heterocycles. The fourth-order valence-electron chi connectivity index (χ4n) is 2.87. The molecule has 2 aliphatic heterocycles. The van der Waals surface area contributed by atoms with Gasteiger partial charge in [0.2, 0.25) is 0 Å². The maximum atomic E-state index is 12.5. The predicted octanol–water partition coefficient (Wildman–Crippen LogP) is 2.02. The second kappa shape index (κ2) is 7.15. The molecule has 1 N–H and O–H groups in total. The number of likely N-dealkylation sites (tertiary alicyclic amines) is 1. The number of hydrogen-bond acceptors (Lipinski definition) is 5. The van der Waals surface area contributed by atoms with E-state index in [1.54, 1.807) is 16.7 Å². The van der Waals surface area contributed by atoms with Crippen molar-refractivity contribution in [3.63, 3.8) is 0 Å². The summed E-state index contributed by atoms with van der Waals surface area (Å²) in [5, 5.41) is 3.01. The smallest absolute Gasteiger partial charge is 0.410 e. The zero-order chi connectivity index (χ0) is 15.4. The van der Waals surface area contributed by atoms with Gasteiger partial charge in [-0.25, -0.2) is 4.79 Å². The monoisotopic (exact) mass is 320 g/mol. The number of carbonyl (C=O) groups is 2. The minimum absolute atomic E-state index is 0.108. The number of benzene rings is 1. The lowest BCUT2D eigenvalue weighted by atomic mass is 10.1. The van der Waals surface area contributed by atoms with Gasteiger partial charge >= 0.3 is 6.09 Å². The number of nitrogens with zero attached hydrogens (tertiary/aromatic N) is 1. The Morgan fingerprint density at radius 1 is 1.32 bits per heavy atom. The largest absolute Gasteiger partial charge is 0.445 e. The Balaban J connectivity index is 1.57. The Kier molecular flexibility index (Phi) is 5.00. The van der Waals surface area contributed by atoms with Gasteiger partial charge < -0.3 is 4.74 Å². The van der Waals surface area contributed by atoms with Crippen LogP contribution in [0.3, 0.4) is 0 Å². The molecule has 2 aliphatic rings. The molecule has 2 heterocycles. The summed E-state index contributed by atoms with van der Waals surface area (Å²) in [4.78, 5) is 26.4. The fraction of sp³-hybridized carbons (Fsp3) is 0.500. The highest BCUT2D eigenvalue weighted by Gasteiger charge is 2.39. The van der Waals surface area contributed by atoms with Crippen molar-refractivity contribution in [3.8, 4) is 0 Å². The Bertz CT molecular complexity index is 531. The van der Waals surface area contributed by atoms with E-state index in [2.05, 4.69) is 5.32 Å². The molecule has 1 amide bonds. The quantitative estimate of drug-likeness (QED) is 0.920. The minimum Gasteiger partial charge on any atom is -0.445 e. The van der Waals surface area contributed by atoms with Crippen LogP contribution in [-0.4, -0.2) is 47.0 Å². The molecular formula is C16H20N2O3S. The van der Waals surface area contributed by atoms with Gasteiger partial charge in [0, 0.05) is 18.8 Å². The van der Waals surface area contributed by atoms with Crippen molar-refractivity contribution in [2.75, 3.05) is 18.8 Å². The van der Waals surface area contributed by atoms with E-state index in [0.717, 1.165) is 30.7 Å². The predicted molar refractivity (Wildman–Crippen MR) is 85.6 cm³/mol. The van der Waals surface area contributed by atoms with E-state index < -0.39 is 0 Å². The van der Waals surface area contributed by atoms with Crippen LogP contribution in [0.25, 0.3) is 0 Å². The van der Waals surface area contributed by atoms with Crippen molar-refractivity contribution < 1.29 is 14.3 Å². The Morgan fingerprint density at radius 2 is 2.14 bits per heavy atom. The summed E-state index contributed by atoms with van der Waals surface area (Å²) >= 11 is 1.62. The Labute approximate surface area is 134 Å². The standard InChI is InChI=1S/C16H20N2O3S/c19-14(15-17-8-10-22-15)13-7-4-9-18(13)16(20)21-11-12-5-2-1-3-6-12/h1-3,5-6,13,15,17H,4,7-11H2/t13-,15?/m1/s1. The topological polar surface area (TPSA) is 58.6 Å². The molecule has 1 unspecified atom stereocenters. The molecule has 5 nitrogen and oxygen atoms in total.